The van der Waals surface area contributed by atoms with Crippen molar-refractivity contribution >= 4 is 25.9 Å². The summed E-state index contributed by atoms with van der Waals surface area (Å²) in [6.45, 7) is 1.78. The molecule has 1 atom stereocenters. The molecule has 0 spiro atoms. The Kier molecular flexibility index (Phi) is 4.28. The number of nitrogens with zero attached hydrogens (tertiary/aromatic N) is 3. The number of rotatable bonds is 5. The summed E-state index contributed by atoms with van der Waals surface area (Å²) in [6, 6.07) is 8.13. The maximum Gasteiger partial charge on any atom is 0.352 e. The van der Waals surface area contributed by atoms with E-state index in [2.05, 4.69) is 13.9 Å². The summed E-state index contributed by atoms with van der Waals surface area (Å²) in [4.78, 5) is 4.11. The van der Waals surface area contributed by atoms with Gasteiger partial charge in [-0.15, -0.1) is 0 Å². The molecule has 0 fully saturated rings. The second-order valence-electron chi connectivity index (χ2n) is 4.13. The zero-order valence-electron chi connectivity index (χ0n) is 11.4. The van der Waals surface area contributed by atoms with Crippen LogP contribution in [0.4, 0.5) is 5.95 Å². The van der Waals surface area contributed by atoms with E-state index in [0.717, 1.165) is 0 Å². The summed E-state index contributed by atoms with van der Waals surface area (Å²) in [7, 11) is -7.32. The third-order valence-electron chi connectivity index (χ3n) is 2.41. The molecule has 1 aromatic heterocycles. The van der Waals surface area contributed by atoms with Gasteiger partial charge in [0.2, 0.25) is 5.89 Å². The number of anilines is 1. The Morgan fingerprint density at radius 3 is 2.48 bits per heavy atom. The minimum atomic E-state index is -4.22. The highest BCUT2D eigenvalue weighted by molar-refractivity contribution is 8.03. The number of aryl methyl sites for hydroxylation is 1. The first-order valence-corrected chi connectivity index (χ1v) is 9.32. The molecule has 0 aliphatic heterocycles. The first kappa shape index (κ1) is 15.4. The molecule has 1 N–H and O–H groups in total. The van der Waals surface area contributed by atoms with Crippen molar-refractivity contribution in [2.24, 2.45) is 3.77 Å². The number of benzene rings is 1. The van der Waals surface area contributed by atoms with E-state index in [0.29, 0.717) is 11.3 Å². The van der Waals surface area contributed by atoms with Crippen LogP contribution in [0.15, 0.2) is 43.5 Å². The molecule has 0 aliphatic carbocycles. The average molecular weight is 330 g/mol. The lowest BCUT2D eigenvalue weighted by molar-refractivity contribution is 0.383. The largest absolute Gasteiger partial charge is 0.352 e. The molecule has 114 valence electrons. The topological polar surface area (TPSA) is 115 Å². The van der Waals surface area contributed by atoms with E-state index in [4.69, 9.17) is 4.52 Å². The monoisotopic (exact) mass is 330 g/mol. The van der Waals surface area contributed by atoms with Crippen LogP contribution in [0.2, 0.25) is 0 Å². The smallest absolute Gasteiger partial charge is 0.337 e. The van der Waals surface area contributed by atoms with Gasteiger partial charge in [0.05, 0.1) is 9.73 Å². The van der Waals surface area contributed by atoms with Crippen molar-refractivity contribution in [1.82, 2.24) is 10.1 Å². The van der Waals surface area contributed by atoms with Gasteiger partial charge in [0.1, 0.15) is 0 Å². The Morgan fingerprint density at radius 2 is 1.90 bits per heavy atom. The van der Waals surface area contributed by atoms with Crippen LogP contribution in [0.1, 0.15) is 12.8 Å². The lowest BCUT2D eigenvalue weighted by Crippen LogP contribution is -2.13. The van der Waals surface area contributed by atoms with Gasteiger partial charge in [-0.2, -0.15) is 13.4 Å². The summed E-state index contributed by atoms with van der Waals surface area (Å²) >= 11 is 0. The van der Waals surface area contributed by atoms with Crippen molar-refractivity contribution in [3.8, 4) is 0 Å². The van der Waals surface area contributed by atoms with Gasteiger partial charge < -0.3 is 4.52 Å². The zero-order valence-corrected chi connectivity index (χ0v) is 13.0. The van der Waals surface area contributed by atoms with E-state index in [1.165, 1.54) is 6.26 Å². The van der Waals surface area contributed by atoms with E-state index in [1.807, 2.05) is 4.72 Å². The van der Waals surface area contributed by atoms with Crippen LogP contribution in [0.5, 0.6) is 0 Å². The molecule has 0 saturated carbocycles. The standard InChI is InChI=1S/C11H14N4O4S2/c1-3-10-12-11(13-19-10)14-21(17,18)15-20(2,16)9-7-5-4-6-8-9/h4-8H,3H2,1-2H3,(H,13,14). The lowest BCUT2D eigenvalue weighted by Gasteiger charge is -2.04. The van der Waals surface area contributed by atoms with Gasteiger partial charge in [-0.05, 0) is 17.3 Å². The van der Waals surface area contributed by atoms with Gasteiger partial charge in [-0.25, -0.2) is 8.93 Å². The van der Waals surface area contributed by atoms with E-state index in [1.54, 1.807) is 37.3 Å². The van der Waals surface area contributed by atoms with Gasteiger partial charge in [0, 0.05) is 17.6 Å². The maximum absolute atomic E-state index is 12.4. The number of nitrogens with one attached hydrogen (secondary N) is 1. The summed E-state index contributed by atoms with van der Waals surface area (Å²) in [5.74, 6) is 0.0480. The Bertz CT molecular complexity index is 836. The highest BCUT2D eigenvalue weighted by Gasteiger charge is 2.17. The second-order valence-corrected chi connectivity index (χ2v) is 7.96. The molecule has 10 heteroatoms. The molecular weight excluding hydrogens is 316 g/mol. The van der Waals surface area contributed by atoms with Gasteiger partial charge in [0.25, 0.3) is 5.95 Å². The van der Waals surface area contributed by atoms with Crippen molar-refractivity contribution in [2.45, 2.75) is 18.2 Å². The molecule has 1 heterocycles. The summed E-state index contributed by atoms with van der Waals surface area (Å²) in [6.07, 6.45) is 1.72. The number of hydrogen-bond donors (Lipinski definition) is 1. The highest BCUT2D eigenvalue weighted by Crippen LogP contribution is 2.14. The van der Waals surface area contributed by atoms with Crippen molar-refractivity contribution in [1.29, 1.82) is 0 Å². The van der Waals surface area contributed by atoms with Crippen molar-refractivity contribution in [2.75, 3.05) is 11.0 Å². The Morgan fingerprint density at radius 1 is 1.24 bits per heavy atom. The molecule has 0 radical (unpaired) electrons. The lowest BCUT2D eigenvalue weighted by atomic mass is 10.4. The number of hydrogen-bond acceptors (Lipinski definition) is 6. The molecule has 0 amide bonds. The third kappa shape index (κ3) is 4.02. The summed E-state index contributed by atoms with van der Waals surface area (Å²) < 4.78 is 46.4. The first-order chi connectivity index (χ1) is 9.82. The van der Waals surface area contributed by atoms with Crippen LogP contribution in [0, 0.1) is 0 Å². The highest BCUT2D eigenvalue weighted by atomic mass is 32.3. The van der Waals surface area contributed by atoms with Crippen LogP contribution in [-0.4, -0.2) is 29.0 Å². The van der Waals surface area contributed by atoms with Crippen LogP contribution in [-0.2, 0) is 26.4 Å². The summed E-state index contributed by atoms with van der Waals surface area (Å²) in [5, 5.41) is 3.45. The van der Waals surface area contributed by atoms with E-state index < -0.39 is 19.9 Å². The van der Waals surface area contributed by atoms with E-state index in [-0.39, 0.29) is 11.8 Å². The Hall–Kier alpha value is -1.94. The van der Waals surface area contributed by atoms with Crippen molar-refractivity contribution < 1.29 is 17.1 Å². The Labute approximate surface area is 122 Å². The van der Waals surface area contributed by atoms with E-state index >= 15 is 0 Å². The predicted molar refractivity (Wildman–Crippen MR) is 77.4 cm³/mol. The molecule has 0 saturated heterocycles. The fourth-order valence-corrected chi connectivity index (χ4v) is 4.44. The SMILES string of the molecule is CCc1nc(NS(=O)(=O)N=S(C)(=O)c2ccccc2)no1. The van der Waals surface area contributed by atoms with E-state index in [9.17, 15) is 12.6 Å². The minimum Gasteiger partial charge on any atom is -0.337 e. The van der Waals surface area contributed by atoms with Crippen molar-refractivity contribution in [3.63, 3.8) is 0 Å². The van der Waals surface area contributed by atoms with Crippen LogP contribution in [0.3, 0.4) is 0 Å². The second kappa shape index (κ2) is 5.82. The molecule has 1 unspecified atom stereocenters. The van der Waals surface area contributed by atoms with Crippen molar-refractivity contribution in [3.05, 3.63) is 36.2 Å². The van der Waals surface area contributed by atoms with Crippen LogP contribution >= 0.6 is 0 Å². The number of aromatic nitrogens is 2. The Balaban J connectivity index is 2.32. The molecule has 0 aliphatic rings. The van der Waals surface area contributed by atoms with Crippen LogP contribution in [0.25, 0.3) is 0 Å². The molecule has 21 heavy (non-hydrogen) atoms. The minimum absolute atomic E-state index is 0.237. The van der Waals surface area contributed by atoms with Gasteiger partial charge in [-0.1, -0.05) is 28.9 Å². The van der Waals surface area contributed by atoms with Gasteiger partial charge in [0.15, 0.2) is 0 Å². The fourth-order valence-electron chi connectivity index (χ4n) is 1.48. The normalized spacial score (nSPS) is 14.4. The van der Waals surface area contributed by atoms with Gasteiger partial charge >= 0.3 is 10.2 Å². The molecule has 1 aromatic carbocycles. The summed E-state index contributed by atoms with van der Waals surface area (Å²) in [5.41, 5.74) is 0. The maximum atomic E-state index is 12.4. The molecule has 2 aromatic rings. The zero-order chi connectivity index (χ0) is 15.5. The predicted octanol–water partition coefficient (Wildman–Crippen LogP) is 1.45. The van der Waals surface area contributed by atoms with Gasteiger partial charge in [-0.3, -0.25) is 0 Å². The molecule has 8 nitrogen and oxygen atoms in total. The fraction of sp³-hybridized carbons (Fsp3) is 0.273. The molecular formula is C11H14N4O4S2. The van der Waals surface area contributed by atoms with Crippen LogP contribution < -0.4 is 4.72 Å². The third-order valence-corrected chi connectivity index (χ3v) is 5.92. The average Bonchev–Trinajstić information content (AvgIpc) is 2.85. The quantitative estimate of drug-likeness (QED) is 0.887. The molecule has 0 bridgehead atoms. The molecule has 2 rings (SSSR count). The first-order valence-electron chi connectivity index (χ1n) is 5.96.